The molecule has 0 aliphatic heterocycles. The monoisotopic (exact) mass is 308 g/mol. The van der Waals surface area contributed by atoms with Gasteiger partial charge in [0.05, 0.1) is 12.8 Å². The number of benzene rings is 1. The fraction of sp³-hybridized carbons (Fsp3) is 0.364. The molecule has 0 fully saturated rings. The van der Waals surface area contributed by atoms with E-state index in [2.05, 4.69) is 4.72 Å². The Hall–Kier alpha value is -1.18. The Morgan fingerprint density at radius 2 is 2.11 bits per heavy atom. The van der Waals surface area contributed by atoms with Crippen molar-refractivity contribution in [3.05, 3.63) is 34.6 Å². The van der Waals surface area contributed by atoms with Crippen molar-refractivity contribution in [3.63, 3.8) is 0 Å². The van der Waals surface area contributed by atoms with Crippen LogP contribution in [0.25, 0.3) is 0 Å². The van der Waals surface area contributed by atoms with Gasteiger partial charge in [-0.25, -0.2) is 17.5 Å². The minimum absolute atomic E-state index is 0.170. The highest BCUT2D eigenvalue weighted by Gasteiger charge is 2.13. The molecule has 0 aliphatic rings. The third kappa shape index (κ3) is 5.54. The molecule has 1 aromatic carbocycles. The Kier molecular flexibility index (Phi) is 5.28. The van der Waals surface area contributed by atoms with E-state index in [1.54, 1.807) is 0 Å². The van der Waals surface area contributed by atoms with E-state index in [1.165, 1.54) is 24.1 Å². The van der Waals surface area contributed by atoms with Gasteiger partial charge in [0.15, 0.2) is 0 Å². The molecule has 0 saturated heterocycles. The largest absolute Gasteiger partial charge is 0.340 e. The van der Waals surface area contributed by atoms with Crippen LogP contribution in [-0.4, -0.2) is 39.1 Å². The molecule has 1 amide bonds. The van der Waals surface area contributed by atoms with Gasteiger partial charge in [0, 0.05) is 18.6 Å². The Morgan fingerprint density at radius 1 is 1.47 bits per heavy atom. The molecule has 0 aromatic heterocycles. The summed E-state index contributed by atoms with van der Waals surface area (Å²) in [7, 11) is -1.91. The van der Waals surface area contributed by atoms with Crippen molar-refractivity contribution >= 4 is 27.5 Å². The number of nitrogens with one attached hydrogen (secondary N) is 1. The molecule has 8 heteroatoms. The summed E-state index contributed by atoms with van der Waals surface area (Å²) in [4.78, 5) is 13.0. The number of amides is 1. The van der Waals surface area contributed by atoms with Gasteiger partial charge in [-0.15, -0.1) is 0 Å². The van der Waals surface area contributed by atoms with Gasteiger partial charge in [0.25, 0.3) is 0 Å². The normalized spacial score (nSPS) is 11.4. The topological polar surface area (TPSA) is 66.5 Å². The summed E-state index contributed by atoms with van der Waals surface area (Å²) in [5.41, 5.74) is 0.582. The zero-order chi connectivity index (χ0) is 14.6. The lowest BCUT2D eigenvalue weighted by atomic mass is 10.2. The van der Waals surface area contributed by atoms with Crippen LogP contribution in [0.4, 0.5) is 4.39 Å². The maximum Gasteiger partial charge on any atom is 0.237 e. The lowest BCUT2D eigenvalue weighted by Gasteiger charge is -2.18. The predicted molar refractivity (Wildman–Crippen MR) is 70.7 cm³/mol. The third-order valence-electron chi connectivity index (χ3n) is 2.33. The van der Waals surface area contributed by atoms with Gasteiger partial charge in [-0.05, 0) is 17.7 Å². The van der Waals surface area contributed by atoms with E-state index in [9.17, 15) is 17.6 Å². The molecule has 0 unspecified atom stereocenters. The molecule has 0 spiro atoms. The van der Waals surface area contributed by atoms with Gasteiger partial charge in [0.1, 0.15) is 5.82 Å². The van der Waals surface area contributed by atoms with Gasteiger partial charge < -0.3 is 4.90 Å². The first kappa shape index (κ1) is 15.9. The molecule has 0 bridgehead atoms. The number of sulfonamides is 1. The molecule has 1 rings (SSSR count). The molecule has 0 radical (unpaired) electrons. The van der Waals surface area contributed by atoms with Gasteiger partial charge in [0.2, 0.25) is 15.9 Å². The summed E-state index contributed by atoms with van der Waals surface area (Å²) in [5, 5.41) is 0.218. The number of rotatable bonds is 5. The summed E-state index contributed by atoms with van der Waals surface area (Å²) < 4.78 is 36.7. The van der Waals surface area contributed by atoms with Crippen LogP contribution in [0, 0.1) is 5.82 Å². The molecule has 0 atom stereocenters. The Balaban J connectivity index is 2.63. The molecule has 0 heterocycles. The maximum absolute atomic E-state index is 12.9. The van der Waals surface area contributed by atoms with Crippen LogP contribution in [0.15, 0.2) is 18.2 Å². The summed E-state index contributed by atoms with van der Waals surface area (Å²) in [6.07, 6.45) is 0.969. The number of likely N-dealkylation sites (N-methyl/N-ethyl adjacent to an activating group) is 1. The molecule has 19 heavy (non-hydrogen) atoms. The van der Waals surface area contributed by atoms with Crippen molar-refractivity contribution in [2.75, 3.05) is 19.8 Å². The molecule has 106 valence electrons. The third-order valence-corrected chi connectivity index (χ3v) is 3.35. The lowest BCUT2D eigenvalue weighted by Crippen LogP contribution is -2.37. The van der Waals surface area contributed by atoms with Crippen LogP contribution in [0.1, 0.15) is 5.56 Å². The smallest absolute Gasteiger partial charge is 0.237 e. The summed E-state index contributed by atoms with van der Waals surface area (Å²) >= 11 is 5.84. The average Bonchev–Trinajstić information content (AvgIpc) is 2.28. The second-order valence-electron chi connectivity index (χ2n) is 4.08. The zero-order valence-electron chi connectivity index (χ0n) is 10.5. The molecule has 1 N–H and O–H groups in total. The van der Waals surface area contributed by atoms with Gasteiger partial charge in [-0.3, -0.25) is 4.79 Å². The number of carbonyl (C=O) groups excluding carboxylic acids is 1. The van der Waals surface area contributed by atoms with Gasteiger partial charge >= 0.3 is 0 Å². The van der Waals surface area contributed by atoms with Crippen LogP contribution >= 0.6 is 11.6 Å². The van der Waals surface area contributed by atoms with Crippen molar-refractivity contribution in [2.24, 2.45) is 0 Å². The molecule has 0 aliphatic carbocycles. The van der Waals surface area contributed by atoms with E-state index < -0.39 is 21.7 Å². The van der Waals surface area contributed by atoms with E-state index >= 15 is 0 Å². The summed E-state index contributed by atoms with van der Waals surface area (Å²) in [6, 6.07) is 3.88. The first-order valence-corrected chi connectivity index (χ1v) is 7.58. The SMILES string of the molecule is CN(Cc1ccc(F)cc1Cl)C(=O)CNS(C)(=O)=O. The first-order valence-electron chi connectivity index (χ1n) is 5.31. The number of hydrogen-bond donors (Lipinski definition) is 1. The number of halogens is 2. The lowest BCUT2D eigenvalue weighted by molar-refractivity contribution is -0.129. The molecular formula is C11H14ClFN2O3S. The fourth-order valence-electron chi connectivity index (χ4n) is 1.32. The van der Waals surface area contributed by atoms with Crippen molar-refractivity contribution in [1.82, 2.24) is 9.62 Å². The average molecular weight is 309 g/mol. The predicted octanol–water partition coefficient (Wildman–Crippen LogP) is 0.987. The Labute approximate surface area is 116 Å². The molecule has 5 nitrogen and oxygen atoms in total. The van der Waals surface area contributed by atoms with Crippen LogP contribution in [0.5, 0.6) is 0 Å². The van der Waals surface area contributed by atoms with E-state index in [-0.39, 0.29) is 18.1 Å². The summed E-state index contributed by atoms with van der Waals surface area (Å²) in [6.45, 7) is -0.155. The van der Waals surface area contributed by atoms with Crippen LogP contribution in [-0.2, 0) is 21.4 Å². The van der Waals surface area contributed by atoms with Crippen molar-refractivity contribution in [1.29, 1.82) is 0 Å². The van der Waals surface area contributed by atoms with Crippen LogP contribution < -0.4 is 4.72 Å². The van der Waals surface area contributed by atoms with Crippen molar-refractivity contribution < 1.29 is 17.6 Å². The van der Waals surface area contributed by atoms with Crippen LogP contribution in [0.2, 0.25) is 5.02 Å². The Bertz CT molecular complexity index is 577. The summed E-state index contributed by atoms with van der Waals surface area (Å²) in [5.74, 6) is -0.868. The first-order chi connectivity index (χ1) is 8.69. The standard InChI is InChI=1S/C11H14ClFN2O3S/c1-15(11(16)6-14-19(2,17)18)7-8-3-4-9(13)5-10(8)12/h3-5,14H,6-7H2,1-2H3. The van der Waals surface area contributed by atoms with E-state index in [1.807, 2.05) is 0 Å². The highest BCUT2D eigenvalue weighted by Crippen LogP contribution is 2.18. The number of hydrogen-bond acceptors (Lipinski definition) is 3. The fourth-order valence-corrected chi connectivity index (χ4v) is 1.93. The minimum Gasteiger partial charge on any atom is -0.340 e. The quantitative estimate of drug-likeness (QED) is 0.882. The second kappa shape index (κ2) is 6.31. The van der Waals surface area contributed by atoms with Crippen LogP contribution in [0.3, 0.4) is 0 Å². The Morgan fingerprint density at radius 3 is 2.63 bits per heavy atom. The number of nitrogens with zero attached hydrogens (tertiary/aromatic N) is 1. The van der Waals surface area contributed by atoms with Crippen molar-refractivity contribution in [3.8, 4) is 0 Å². The highest BCUT2D eigenvalue weighted by molar-refractivity contribution is 7.88. The van der Waals surface area contributed by atoms with Gasteiger partial charge in [-0.1, -0.05) is 17.7 Å². The zero-order valence-corrected chi connectivity index (χ0v) is 12.1. The molecular weight excluding hydrogens is 295 g/mol. The molecule has 0 saturated carbocycles. The molecule has 1 aromatic rings. The minimum atomic E-state index is -3.41. The highest BCUT2D eigenvalue weighted by atomic mass is 35.5. The van der Waals surface area contributed by atoms with Gasteiger partial charge in [-0.2, -0.15) is 0 Å². The second-order valence-corrected chi connectivity index (χ2v) is 6.32. The maximum atomic E-state index is 12.9. The van der Waals surface area contributed by atoms with E-state index in [4.69, 9.17) is 11.6 Å². The van der Waals surface area contributed by atoms with E-state index in [0.717, 1.165) is 12.3 Å². The number of carbonyl (C=O) groups is 1. The van der Waals surface area contributed by atoms with E-state index in [0.29, 0.717) is 5.56 Å². The van der Waals surface area contributed by atoms with Crippen molar-refractivity contribution in [2.45, 2.75) is 6.54 Å².